The van der Waals surface area contributed by atoms with E-state index in [2.05, 4.69) is 0 Å². The Morgan fingerprint density at radius 2 is 2.18 bits per heavy atom. The van der Waals surface area contributed by atoms with E-state index in [1.807, 2.05) is 0 Å². The molecule has 0 aliphatic carbocycles. The van der Waals surface area contributed by atoms with Crippen LogP contribution in [0, 0.1) is 0 Å². The molecule has 0 amide bonds. The summed E-state index contributed by atoms with van der Waals surface area (Å²) in [4.78, 5) is 0. The minimum absolute atomic E-state index is 0.0168. The monoisotopic (exact) mass is 161 g/mol. The van der Waals surface area contributed by atoms with Crippen molar-refractivity contribution in [1.29, 1.82) is 0 Å². The van der Waals surface area contributed by atoms with Crippen molar-refractivity contribution in [1.82, 2.24) is 0 Å². The third-order valence-corrected chi connectivity index (χ3v) is 1.57. The number of hydrogen-bond donors (Lipinski definition) is 1. The molecular weight excluding hydrogens is 146 g/mol. The van der Waals surface area contributed by atoms with Gasteiger partial charge in [0.25, 0.3) is 0 Å². The summed E-state index contributed by atoms with van der Waals surface area (Å²) in [7, 11) is 1.64. The third-order valence-electron chi connectivity index (χ3n) is 1.57. The highest BCUT2D eigenvalue weighted by atomic mass is 16.7. The van der Waals surface area contributed by atoms with Gasteiger partial charge >= 0.3 is 0 Å². The summed E-state index contributed by atoms with van der Waals surface area (Å²) in [5.41, 5.74) is 5.68. The van der Waals surface area contributed by atoms with Crippen LogP contribution in [0.25, 0.3) is 0 Å². The Balaban J connectivity index is 2.08. The summed E-state index contributed by atoms with van der Waals surface area (Å²) in [5.74, 6) is 0. The van der Waals surface area contributed by atoms with Crippen LogP contribution in [-0.4, -0.2) is 39.3 Å². The van der Waals surface area contributed by atoms with Gasteiger partial charge in [0.05, 0.1) is 19.8 Å². The second-order valence-electron chi connectivity index (χ2n) is 2.62. The highest BCUT2D eigenvalue weighted by Crippen LogP contribution is 2.09. The summed E-state index contributed by atoms with van der Waals surface area (Å²) in [6.07, 6.45) is 0.605. The predicted octanol–water partition coefficient (Wildman–Crippen LogP) is -0.277. The molecule has 1 aliphatic rings. The van der Waals surface area contributed by atoms with E-state index >= 15 is 0 Å². The van der Waals surface area contributed by atoms with Crippen molar-refractivity contribution in [2.24, 2.45) is 5.73 Å². The predicted molar refractivity (Wildman–Crippen MR) is 40.2 cm³/mol. The van der Waals surface area contributed by atoms with Crippen LogP contribution in [0.3, 0.4) is 0 Å². The van der Waals surface area contributed by atoms with E-state index in [0.717, 1.165) is 0 Å². The van der Waals surface area contributed by atoms with Crippen molar-refractivity contribution in [3.05, 3.63) is 0 Å². The van der Waals surface area contributed by atoms with Crippen molar-refractivity contribution in [3.8, 4) is 0 Å². The van der Waals surface area contributed by atoms with Crippen molar-refractivity contribution < 1.29 is 14.2 Å². The molecule has 1 saturated heterocycles. The third kappa shape index (κ3) is 3.16. The standard InChI is InChI=1S/C7H15NO3/c1-9-5-6(8)4-7-10-2-3-11-7/h6-7H,2-5,8H2,1H3. The Hall–Kier alpha value is -0.160. The summed E-state index contributed by atoms with van der Waals surface area (Å²) in [6, 6.07) is 0.0168. The van der Waals surface area contributed by atoms with Crippen molar-refractivity contribution in [2.75, 3.05) is 26.9 Å². The molecule has 4 heteroatoms. The quantitative estimate of drug-likeness (QED) is 0.616. The fraction of sp³-hybridized carbons (Fsp3) is 1.00. The molecular formula is C7H15NO3. The lowest BCUT2D eigenvalue weighted by Crippen LogP contribution is -2.30. The smallest absolute Gasteiger partial charge is 0.159 e. The molecule has 1 fully saturated rings. The van der Waals surface area contributed by atoms with E-state index in [1.54, 1.807) is 7.11 Å². The molecule has 0 aromatic rings. The van der Waals surface area contributed by atoms with Gasteiger partial charge in [-0.3, -0.25) is 0 Å². The molecule has 1 atom stereocenters. The molecule has 2 N–H and O–H groups in total. The van der Waals surface area contributed by atoms with E-state index in [1.165, 1.54) is 0 Å². The van der Waals surface area contributed by atoms with Crippen molar-refractivity contribution >= 4 is 0 Å². The Morgan fingerprint density at radius 3 is 2.73 bits per heavy atom. The lowest BCUT2D eigenvalue weighted by Gasteiger charge is -2.14. The minimum atomic E-state index is -0.111. The van der Waals surface area contributed by atoms with Gasteiger partial charge in [-0.05, 0) is 0 Å². The maximum Gasteiger partial charge on any atom is 0.159 e. The number of nitrogens with two attached hydrogens (primary N) is 1. The van der Waals surface area contributed by atoms with Crippen LogP contribution in [0.5, 0.6) is 0 Å². The summed E-state index contributed by atoms with van der Waals surface area (Å²) < 4.78 is 15.3. The average molecular weight is 161 g/mol. The first kappa shape index (κ1) is 8.93. The molecule has 1 heterocycles. The molecule has 0 saturated carbocycles. The van der Waals surface area contributed by atoms with Crippen LogP contribution in [0.2, 0.25) is 0 Å². The molecule has 1 rings (SSSR count). The largest absolute Gasteiger partial charge is 0.383 e. The van der Waals surface area contributed by atoms with Crippen molar-refractivity contribution in [2.45, 2.75) is 18.8 Å². The van der Waals surface area contributed by atoms with Crippen LogP contribution >= 0.6 is 0 Å². The molecule has 0 bridgehead atoms. The summed E-state index contributed by atoms with van der Waals surface area (Å²) in [5, 5.41) is 0. The van der Waals surface area contributed by atoms with E-state index in [-0.39, 0.29) is 12.3 Å². The highest BCUT2D eigenvalue weighted by molar-refractivity contribution is 4.64. The second kappa shape index (κ2) is 4.66. The van der Waals surface area contributed by atoms with Crippen molar-refractivity contribution in [3.63, 3.8) is 0 Å². The second-order valence-corrected chi connectivity index (χ2v) is 2.62. The Kier molecular flexibility index (Phi) is 3.79. The van der Waals surface area contributed by atoms with Gasteiger partial charge in [0.2, 0.25) is 0 Å². The number of hydrogen-bond acceptors (Lipinski definition) is 4. The number of methoxy groups -OCH3 is 1. The van der Waals surface area contributed by atoms with Crippen LogP contribution < -0.4 is 5.73 Å². The van der Waals surface area contributed by atoms with Gasteiger partial charge in [-0.1, -0.05) is 0 Å². The molecule has 11 heavy (non-hydrogen) atoms. The fourth-order valence-electron chi connectivity index (χ4n) is 1.07. The SMILES string of the molecule is COCC(N)CC1OCCO1. The van der Waals surface area contributed by atoms with Crippen LogP contribution in [0.15, 0.2) is 0 Å². The van der Waals surface area contributed by atoms with Gasteiger partial charge in [0.1, 0.15) is 0 Å². The van der Waals surface area contributed by atoms with Crippen LogP contribution in [0.4, 0.5) is 0 Å². The Labute approximate surface area is 66.6 Å². The van der Waals surface area contributed by atoms with Crippen LogP contribution in [0.1, 0.15) is 6.42 Å². The number of rotatable bonds is 4. The zero-order chi connectivity index (χ0) is 8.10. The van der Waals surface area contributed by atoms with Gasteiger partial charge in [-0.25, -0.2) is 0 Å². The molecule has 0 aromatic carbocycles. The van der Waals surface area contributed by atoms with Gasteiger partial charge in [0.15, 0.2) is 6.29 Å². The van der Waals surface area contributed by atoms with Gasteiger partial charge in [0, 0.05) is 19.6 Å². The normalized spacial score (nSPS) is 22.4. The summed E-state index contributed by atoms with van der Waals surface area (Å²) in [6.45, 7) is 1.93. The Morgan fingerprint density at radius 1 is 1.55 bits per heavy atom. The van der Waals surface area contributed by atoms with Gasteiger partial charge in [-0.15, -0.1) is 0 Å². The van der Waals surface area contributed by atoms with Crippen LogP contribution in [-0.2, 0) is 14.2 Å². The summed E-state index contributed by atoms with van der Waals surface area (Å²) >= 11 is 0. The first-order chi connectivity index (χ1) is 5.33. The molecule has 1 unspecified atom stereocenters. The molecule has 0 radical (unpaired) electrons. The molecule has 4 nitrogen and oxygen atoms in total. The lowest BCUT2D eigenvalue weighted by atomic mass is 10.2. The van der Waals surface area contributed by atoms with Gasteiger partial charge in [-0.2, -0.15) is 0 Å². The first-order valence-electron chi connectivity index (χ1n) is 3.80. The van der Waals surface area contributed by atoms with E-state index in [4.69, 9.17) is 19.9 Å². The Bertz CT molecular complexity index is 104. The van der Waals surface area contributed by atoms with E-state index in [0.29, 0.717) is 26.2 Å². The van der Waals surface area contributed by atoms with Gasteiger partial charge < -0.3 is 19.9 Å². The highest BCUT2D eigenvalue weighted by Gasteiger charge is 2.18. The molecule has 0 spiro atoms. The zero-order valence-corrected chi connectivity index (χ0v) is 6.79. The molecule has 1 aliphatic heterocycles. The lowest BCUT2D eigenvalue weighted by molar-refractivity contribution is -0.0542. The zero-order valence-electron chi connectivity index (χ0n) is 6.79. The maximum atomic E-state index is 5.68. The number of ether oxygens (including phenoxy) is 3. The fourth-order valence-corrected chi connectivity index (χ4v) is 1.07. The topological polar surface area (TPSA) is 53.7 Å². The van der Waals surface area contributed by atoms with E-state index in [9.17, 15) is 0 Å². The minimum Gasteiger partial charge on any atom is -0.383 e. The molecule has 0 aromatic heterocycles. The molecule has 66 valence electrons. The van der Waals surface area contributed by atoms with E-state index < -0.39 is 0 Å². The maximum absolute atomic E-state index is 5.68. The average Bonchev–Trinajstić information content (AvgIpc) is 2.40. The first-order valence-corrected chi connectivity index (χ1v) is 3.80.